The van der Waals surface area contributed by atoms with Gasteiger partial charge < -0.3 is 30.7 Å². The van der Waals surface area contributed by atoms with E-state index < -0.39 is 18.1 Å². The summed E-state index contributed by atoms with van der Waals surface area (Å²) in [6.45, 7) is 2.28. The number of aliphatic carboxylic acids is 1. The molecule has 0 unspecified atom stereocenters. The summed E-state index contributed by atoms with van der Waals surface area (Å²) in [5, 5.41) is 29.5. The Bertz CT molecular complexity index is 1370. The number of benzene rings is 2. The van der Waals surface area contributed by atoms with Crippen LogP contribution in [0.3, 0.4) is 0 Å². The van der Waals surface area contributed by atoms with Gasteiger partial charge in [0.05, 0.1) is 43.2 Å². The smallest absolute Gasteiger partial charge is 0.490 e. The van der Waals surface area contributed by atoms with Gasteiger partial charge in [0.25, 0.3) is 5.91 Å². The van der Waals surface area contributed by atoms with Gasteiger partial charge in [0.15, 0.2) is 11.5 Å². The molecule has 0 fully saturated rings. The number of aliphatic hydroxyl groups is 1. The summed E-state index contributed by atoms with van der Waals surface area (Å²) >= 11 is 0. The van der Waals surface area contributed by atoms with E-state index in [1.807, 2.05) is 25.1 Å². The Morgan fingerprint density at radius 1 is 1.23 bits per heavy atom. The molecule has 5 N–H and O–H groups in total. The molecule has 13 heteroatoms. The number of hydrogen-bond acceptors (Lipinski definition) is 8. The molecular formula is C26H27F3N4O6. The van der Waals surface area contributed by atoms with E-state index in [1.54, 1.807) is 12.1 Å². The van der Waals surface area contributed by atoms with E-state index >= 15 is 0 Å². The number of hydrogen-bond donors (Lipinski definition) is 4. The predicted molar refractivity (Wildman–Crippen MR) is 136 cm³/mol. The van der Waals surface area contributed by atoms with Crippen LogP contribution in [0.1, 0.15) is 41.3 Å². The Labute approximate surface area is 221 Å². The van der Waals surface area contributed by atoms with Crippen LogP contribution in [0.15, 0.2) is 36.5 Å². The fourth-order valence-electron chi connectivity index (χ4n) is 3.58. The van der Waals surface area contributed by atoms with Gasteiger partial charge in [0.1, 0.15) is 0 Å². The zero-order valence-corrected chi connectivity index (χ0v) is 21.1. The molecule has 0 aliphatic rings. The highest BCUT2D eigenvalue weighted by atomic mass is 19.4. The number of amides is 1. The van der Waals surface area contributed by atoms with Crippen LogP contribution in [-0.2, 0) is 17.8 Å². The van der Waals surface area contributed by atoms with Crippen LogP contribution in [0.25, 0.3) is 10.9 Å². The minimum Gasteiger partial charge on any atom is -0.493 e. The molecule has 0 bridgehead atoms. The molecule has 0 radical (unpaired) electrons. The van der Waals surface area contributed by atoms with Crippen molar-refractivity contribution >= 4 is 34.2 Å². The number of ether oxygens (including phenoxy) is 2. The molecule has 1 aromatic heterocycles. The molecule has 3 aromatic rings. The van der Waals surface area contributed by atoms with Crippen molar-refractivity contribution in [1.29, 1.82) is 5.26 Å². The molecule has 1 amide bonds. The van der Waals surface area contributed by atoms with Crippen molar-refractivity contribution in [2.24, 2.45) is 5.73 Å². The van der Waals surface area contributed by atoms with Gasteiger partial charge in [-0.3, -0.25) is 9.78 Å². The number of nitrogens with one attached hydrogen (secondary N) is 1. The first-order valence-corrected chi connectivity index (χ1v) is 11.6. The molecule has 39 heavy (non-hydrogen) atoms. The Morgan fingerprint density at radius 2 is 1.92 bits per heavy atom. The number of nitrogens with zero attached hydrogens (tertiary/aromatic N) is 2. The quantitative estimate of drug-likeness (QED) is 0.267. The van der Waals surface area contributed by atoms with Crippen molar-refractivity contribution in [2.45, 2.75) is 39.0 Å². The van der Waals surface area contributed by atoms with Gasteiger partial charge >= 0.3 is 12.1 Å². The molecule has 208 valence electrons. The van der Waals surface area contributed by atoms with Crippen LogP contribution in [0.4, 0.5) is 24.5 Å². The summed E-state index contributed by atoms with van der Waals surface area (Å²) in [4.78, 5) is 25.5. The normalized spacial score (nSPS) is 10.7. The summed E-state index contributed by atoms with van der Waals surface area (Å²) in [5.41, 5.74) is 9.48. The predicted octanol–water partition coefficient (Wildman–Crippen LogP) is 4.46. The zero-order valence-electron chi connectivity index (χ0n) is 21.1. The maximum atomic E-state index is 12.2. The molecule has 0 spiro atoms. The molecule has 0 atom stereocenters. The maximum Gasteiger partial charge on any atom is 0.490 e. The van der Waals surface area contributed by atoms with Crippen molar-refractivity contribution in [2.75, 3.05) is 19.0 Å². The average Bonchev–Trinajstić information content (AvgIpc) is 2.90. The number of alkyl halides is 3. The monoisotopic (exact) mass is 548 g/mol. The summed E-state index contributed by atoms with van der Waals surface area (Å²) in [6.07, 6.45) is -1.96. The van der Waals surface area contributed by atoms with Crippen molar-refractivity contribution in [3.8, 4) is 17.6 Å². The van der Waals surface area contributed by atoms with Gasteiger partial charge in [-0.2, -0.15) is 18.4 Å². The van der Waals surface area contributed by atoms with Crippen LogP contribution in [0.5, 0.6) is 11.5 Å². The van der Waals surface area contributed by atoms with Crippen LogP contribution in [-0.4, -0.2) is 47.0 Å². The molecule has 0 aliphatic heterocycles. The number of rotatable bonds is 10. The van der Waals surface area contributed by atoms with Gasteiger partial charge in [-0.15, -0.1) is 0 Å². The fourth-order valence-corrected chi connectivity index (χ4v) is 3.58. The summed E-state index contributed by atoms with van der Waals surface area (Å²) < 4.78 is 43.0. The van der Waals surface area contributed by atoms with Gasteiger partial charge in [-0.1, -0.05) is 19.1 Å². The Morgan fingerprint density at radius 3 is 2.46 bits per heavy atom. The number of carboxylic acid groups (broad SMARTS) is 1. The third-order valence-corrected chi connectivity index (χ3v) is 5.41. The number of unbranched alkanes of at least 4 members (excludes halogenated alkanes) is 1. The summed E-state index contributed by atoms with van der Waals surface area (Å²) in [5.74, 6) is -2.40. The van der Waals surface area contributed by atoms with E-state index in [0.717, 1.165) is 16.8 Å². The number of anilines is 2. The standard InChI is InChI=1S/C24H26N4O4.C2HF3O2/c1-3-16-15(14-29)7-6-8-19(16)28-23-17-11-21(31-2)22(32-10-5-4-9-25)12-20(17)27-13-18(23)24(26)30;3-2(4,5)1(6)7/h6-8,11-13,29H,3-5,10,14H2,1-2H3,(H2,26,30)(H,27,28);(H,6,7). The lowest BCUT2D eigenvalue weighted by atomic mass is 10.0. The van der Waals surface area contributed by atoms with Crippen LogP contribution >= 0.6 is 0 Å². The first-order chi connectivity index (χ1) is 18.5. The van der Waals surface area contributed by atoms with Crippen molar-refractivity contribution in [3.05, 3.63) is 53.2 Å². The molecule has 0 saturated heterocycles. The van der Waals surface area contributed by atoms with E-state index in [9.17, 15) is 23.1 Å². The number of aliphatic hydroxyl groups excluding tert-OH is 1. The van der Waals surface area contributed by atoms with E-state index in [4.69, 9.17) is 30.4 Å². The van der Waals surface area contributed by atoms with Gasteiger partial charge in [-0.25, -0.2) is 4.79 Å². The zero-order chi connectivity index (χ0) is 29.2. The SMILES string of the molecule is CCc1c(CO)cccc1Nc1c(C(N)=O)cnc2cc(OCCCC#N)c(OC)cc12.O=C(O)C(F)(F)F. The second-order valence-electron chi connectivity index (χ2n) is 7.92. The molecular weight excluding hydrogens is 521 g/mol. The number of carbonyl (C=O) groups is 2. The first kappa shape index (κ1) is 30.7. The van der Waals surface area contributed by atoms with Gasteiger partial charge in [0, 0.05) is 29.8 Å². The van der Waals surface area contributed by atoms with E-state index in [1.165, 1.54) is 13.3 Å². The summed E-state index contributed by atoms with van der Waals surface area (Å²) in [7, 11) is 1.53. The Hall–Kier alpha value is -4.57. The number of pyridine rings is 1. The molecule has 3 rings (SSSR count). The number of carboxylic acids is 1. The number of nitrogens with two attached hydrogens (primary N) is 1. The Kier molecular flexibility index (Phi) is 10.9. The van der Waals surface area contributed by atoms with Gasteiger partial charge in [0.2, 0.25) is 0 Å². The molecule has 0 saturated carbocycles. The minimum absolute atomic E-state index is 0.0845. The number of methoxy groups -OCH3 is 1. The number of aromatic nitrogens is 1. The lowest BCUT2D eigenvalue weighted by molar-refractivity contribution is -0.192. The van der Waals surface area contributed by atoms with Crippen LogP contribution in [0.2, 0.25) is 0 Å². The number of primary amides is 1. The lowest BCUT2D eigenvalue weighted by Crippen LogP contribution is -2.21. The highest BCUT2D eigenvalue weighted by Gasteiger charge is 2.38. The topological polar surface area (TPSA) is 168 Å². The van der Waals surface area contributed by atoms with E-state index in [2.05, 4.69) is 16.4 Å². The van der Waals surface area contributed by atoms with Crippen molar-refractivity contribution < 1.29 is 42.4 Å². The summed E-state index contributed by atoms with van der Waals surface area (Å²) in [6, 6.07) is 11.2. The number of halogens is 3. The van der Waals surface area contributed by atoms with Crippen LogP contribution in [0, 0.1) is 11.3 Å². The number of fused-ring (bicyclic) bond motifs is 1. The molecule has 0 aliphatic carbocycles. The number of nitriles is 1. The van der Waals surface area contributed by atoms with Crippen molar-refractivity contribution in [1.82, 2.24) is 4.98 Å². The minimum atomic E-state index is -5.08. The third kappa shape index (κ3) is 7.96. The highest BCUT2D eigenvalue weighted by molar-refractivity contribution is 6.08. The second-order valence-corrected chi connectivity index (χ2v) is 7.92. The van der Waals surface area contributed by atoms with E-state index in [0.29, 0.717) is 54.0 Å². The third-order valence-electron chi connectivity index (χ3n) is 5.41. The molecule has 10 nitrogen and oxygen atoms in total. The van der Waals surface area contributed by atoms with Crippen molar-refractivity contribution in [3.63, 3.8) is 0 Å². The largest absolute Gasteiger partial charge is 0.493 e. The highest BCUT2D eigenvalue weighted by Crippen LogP contribution is 2.38. The van der Waals surface area contributed by atoms with Crippen LogP contribution < -0.4 is 20.5 Å². The maximum absolute atomic E-state index is 12.2. The molecule has 1 heterocycles. The Balaban J connectivity index is 0.000000673. The number of carbonyl (C=O) groups excluding carboxylic acids is 1. The lowest BCUT2D eigenvalue weighted by Gasteiger charge is -2.19. The first-order valence-electron chi connectivity index (χ1n) is 11.6. The molecule has 2 aromatic carbocycles. The van der Waals surface area contributed by atoms with E-state index in [-0.39, 0.29) is 12.2 Å². The average molecular weight is 549 g/mol. The van der Waals surface area contributed by atoms with Gasteiger partial charge in [-0.05, 0) is 36.1 Å². The fraction of sp³-hybridized carbons (Fsp3) is 0.308. The second kappa shape index (κ2) is 13.8.